The van der Waals surface area contributed by atoms with Crippen molar-refractivity contribution in [1.82, 2.24) is 9.78 Å². The maximum absolute atomic E-state index is 14.2. The fourth-order valence-electron chi connectivity index (χ4n) is 2.50. The topological polar surface area (TPSA) is 29.9 Å². The molecule has 1 aromatic heterocycles. The Labute approximate surface area is 137 Å². The minimum atomic E-state index is -0.734. The van der Waals surface area contributed by atoms with Gasteiger partial charge in [-0.25, -0.2) is 13.2 Å². The van der Waals surface area contributed by atoms with Crippen LogP contribution < -0.4 is 5.32 Å². The number of hydrogen-bond acceptors (Lipinski definition) is 2. The summed E-state index contributed by atoms with van der Waals surface area (Å²) >= 11 is 0. The number of rotatable bonds is 4. The van der Waals surface area contributed by atoms with Crippen LogP contribution in [0.2, 0.25) is 0 Å². The van der Waals surface area contributed by atoms with Gasteiger partial charge in [-0.2, -0.15) is 5.10 Å². The molecular formula is C18H14F3N3. The minimum absolute atomic E-state index is 0.175. The minimum Gasteiger partial charge on any atom is -0.338 e. The number of halogens is 3. The van der Waals surface area contributed by atoms with E-state index in [0.717, 1.165) is 12.1 Å². The van der Waals surface area contributed by atoms with Crippen molar-refractivity contribution >= 4 is 17.6 Å². The van der Waals surface area contributed by atoms with E-state index in [1.807, 2.05) is 0 Å². The number of hydrogen-bond donors (Lipinski definition) is 1. The molecule has 2 aromatic carbocycles. The van der Waals surface area contributed by atoms with Gasteiger partial charge in [-0.3, -0.25) is 4.68 Å². The lowest BCUT2D eigenvalue weighted by Crippen LogP contribution is -2.02. The van der Waals surface area contributed by atoms with Crippen LogP contribution in [0.3, 0.4) is 0 Å². The quantitative estimate of drug-likeness (QED) is 0.738. The van der Waals surface area contributed by atoms with Crippen molar-refractivity contribution in [3.05, 3.63) is 72.2 Å². The molecule has 0 fully saturated rings. The highest BCUT2D eigenvalue weighted by Gasteiger charge is 2.23. The number of nitrogens with zero attached hydrogens (tertiary/aromatic N) is 2. The van der Waals surface area contributed by atoms with Crippen LogP contribution in [0, 0.1) is 17.5 Å². The first kappa shape index (κ1) is 15.9. The van der Waals surface area contributed by atoms with Crippen LogP contribution in [-0.4, -0.2) is 9.78 Å². The van der Waals surface area contributed by atoms with Gasteiger partial charge in [0.05, 0.1) is 22.5 Å². The van der Waals surface area contributed by atoms with Gasteiger partial charge in [-0.15, -0.1) is 0 Å². The van der Waals surface area contributed by atoms with Crippen molar-refractivity contribution in [2.45, 2.75) is 0 Å². The van der Waals surface area contributed by atoms with E-state index in [-0.39, 0.29) is 22.6 Å². The third-order valence-corrected chi connectivity index (χ3v) is 3.61. The highest BCUT2D eigenvalue weighted by molar-refractivity contribution is 5.85. The number of benzene rings is 2. The molecule has 0 saturated heterocycles. The summed E-state index contributed by atoms with van der Waals surface area (Å²) < 4.78 is 43.8. The van der Waals surface area contributed by atoms with Crippen molar-refractivity contribution in [1.29, 1.82) is 0 Å². The van der Waals surface area contributed by atoms with Gasteiger partial charge < -0.3 is 5.32 Å². The number of para-hydroxylation sites is 1. The molecule has 0 radical (unpaired) electrons. The summed E-state index contributed by atoms with van der Waals surface area (Å²) in [5.74, 6) is -1.69. The van der Waals surface area contributed by atoms with E-state index in [0.29, 0.717) is 5.69 Å². The smallest absolute Gasteiger partial charge is 0.146 e. The molecule has 0 bridgehead atoms. The lowest BCUT2D eigenvalue weighted by Gasteiger charge is -2.12. The standard InChI is InChI=1S/C18H14F3N3/c1-3-14-17(16-12(20)8-6-9-13(16)21)18(24(2)23-14)22-15-10-5-4-7-11(15)19/h3-10,22H,1H2,2H3. The predicted molar refractivity (Wildman–Crippen MR) is 88.3 cm³/mol. The van der Waals surface area contributed by atoms with Gasteiger partial charge in [0.1, 0.15) is 23.3 Å². The first-order chi connectivity index (χ1) is 11.5. The van der Waals surface area contributed by atoms with Gasteiger partial charge in [0.25, 0.3) is 0 Å². The number of aryl methyl sites for hydroxylation is 1. The van der Waals surface area contributed by atoms with Crippen molar-refractivity contribution in [2.24, 2.45) is 7.05 Å². The summed E-state index contributed by atoms with van der Waals surface area (Å²) in [6.45, 7) is 3.63. The van der Waals surface area contributed by atoms with Crippen molar-refractivity contribution in [3.63, 3.8) is 0 Å². The van der Waals surface area contributed by atoms with Crippen molar-refractivity contribution in [3.8, 4) is 11.1 Å². The molecule has 0 atom stereocenters. The van der Waals surface area contributed by atoms with E-state index in [1.165, 1.54) is 29.0 Å². The maximum Gasteiger partial charge on any atom is 0.146 e. The SMILES string of the molecule is C=Cc1nn(C)c(Nc2ccccc2F)c1-c1c(F)cccc1F. The Morgan fingerprint density at radius 2 is 1.58 bits per heavy atom. The molecule has 0 aliphatic heterocycles. The second-order valence-electron chi connectivity index (χ2n) is 5.14. The van der Waals surface area contributed by atoms with Crippen molar-refractivity contribution < 1.29 is 13.2 Å². The number of anilines is 2. The molecule has 3 aromatic rings. The Kier molecular flexibility index (Phi) is 4.12. The molecule has 24 heavy (non-hydrogen) atoms. The van der Waals surface area contributed by atoms with Crippen LogP contribution >= 0.6 is 0 Å². The highest BCUT2D eigenvalue weighted by Crippen LogP contribution is 2.37. The van der Waals surface area contributed by atoms with E-state index in [1.54, 1.807) is 19.2 Å². The van der Waals surface area contributed by atoms with E-state index >= 15 is 0 Å². The molecule has 3 rings (SSSR count). The number of aromatic nitrogens is 2. The zero-order chi connectivity index (χ0) is 17.3. The number of nitrogens with one attached hydrogen (secondary N) is 1. The lowest BCUT2D eigenvalue weighted by molar-refractivity contribution is 0.589. The average molecular weight is 329 g/mol. The molecule has 1 heterocycles. The first-order valence-corrected chi connectivity index (χ1v) is 7.18. The average Bonchev–Trinajstić information content (AvgIpc) is 2.86. The third-order valence-electron chi connectivity index (χ3n) is 3.61. The Balaban J connectivity index is 2.23. The Morgan fingerprint density at radius 3 is 2.21 bits per heavy atom. The normalized spacial score (nSPS) is 10.7. The monoisotopic (exact) mass is 329 g/mol. The molecule has 6 heteroatoms. The molecular weight excluding hydrogens is 315 g/mol. The van der Waals surface area contributed by atoms with Crippen LogP contribution in [0.4, 0.5) is 24.7 Å². The zero-order valence-electron chi connectivity index (χ0n) is 12.9. The maximum atomic E-state index is 14.2. The van der Waals surface area contributed by atoms with Crippen LogP contribution in [0.25, 0.3) is 17.2 Å². The van der Waals surface area contributed by atoms with Gasteiger partial charge >= 0.3 is 0 Å². The summed E-state index contributed by atoms with van der Waals surface area (Å²) in [6, 6.07) is 9.61. The Morgan fingerprint density at radius 1 is 0.958 bits per heavy atom. The first-order valence-electron chi connectivity index (χ1n) is 7.18. The highest BCUT2D eigenvalue weighted by atomic mass is 19.1. The van der Waals surface area contributed by atoms with Crippen LogP contribution in [0.1, 0.15) is 5.69 Å². The Bertz CT molecular complexity index is 896. The molecule has 0 saturated carbocycles. The van der Waals surface area contributed by atoms with Gasteiger partial charge in [0.2, 0.25) is 0 Å². The molecule has 0 amide bonds. The van der Waals surface area contributed by atoms with E-state index < -0.39 is 17.5 Å². The zero-order valence-corrected chi connectivity index (χ0v) is 12.9. The summed E-state index contributed by atoms with van der Waals surface area (Å²) in [5.41, 5.74) is 0.417. The van der Waals surface area contributed by atoms with Crippen molar-refractivity contribution in [2.75, 3.05) is 5.32 Å². The van der Waals surface area contributed by atoms with E-state index in [2.05, 4.69) is 17.0 Å². The fraction of sp³-hybridized carbons (Fsp3) is 0.0556. The van der Waals surface area contributed by atoms with E-state index in [9.17, 15) is 13.2 Å². The predicted octanol–water partition coefficient (Wildman–Crippen LogP) is 4.89. The second-order valence-corrected chi connectivity index (χ2v) is 5.14. The lowest BCUT2D eigenvalue weighted by atomic mass is 10.0. The van der Waals surface area contributed by atoms with Gasteiger partial charge in [-0.05, 0) is 30.3 Å². The van der Waals surface area contributed by atoms with E-state index in [4.69, 9.17) is 0 Å². The second kappa shape index (κ2) is 6.23. The van der Waals surface area contributed by atoms with Crippen LogP contribution in [0.5, 0.6) is 0 Å². The fourth-order valence-corrected chi connectivity index (χ4v) is 2.50. The van der Waals surface area contributed by atoms with Crippen LogP contribution in [-0.2, 0) is 7.05 Å². The molecule has 1 N–H and O–H groups in total. The third kappa shape index (κ3) is 2.67. The largest absolute Gasteiger partial charge is 0.338 e. The van der Waals surface area contributed by atoms with Gasteiger partial charge in [0, 0.05) is 7.05 Å². The Hall–Kier alpha value is -3.02. The molecule has 3 nitrogen and oxygen atoms in total. The van der Waals surface area contributed by atoms with Crippen LogP contribution in [0.15, 0.2) is 49.0 Å². The molecule has 0 unspecified atom stereocenters. The molecule has 122 valence electrons. The van der Waals surface area contributed by atoms with Gasteiger partial charge in [0.15, 0.2) is 0 Å². The summed E-state index contributed by atoms with van der Waals surface area (Å²) in [5, 5.41) is 7.05. The summed E-state index contributed by atoms with van der Waals surface area (Å²) in [6.07, 6.45) is 1.40. The molecule has 0 aliphatic carbocycles. The summed E-state index contributed by atoms with van der Waals surface area (Å²) in [4.78, 5) is 0. The molecule has 0 aliphatic rings. The summed E-state index contributed by atoms with van der Waals surface area (Å²) in [7, 11) is 1.60. The van der Waals surface area contributed by atoms with Gasteiger partial charge in [-0.1, -0.05) is 24.8 Å². The molecule has 0 spiro atoms.